The third kappa shape index (κ3) is 5.94. The summed E-state index contributed by atoms with van der Waals surface area (Å²) in [6.07, 6.45) is 2.91. The second-order valence-corrected chi connectivity index (χ2v) is 5.64. The van der Waals surface area contributed by atoms with E-state index in [9.17, 15) is 4.79 Å². The number of nitrogens with one attached hydrogen (secondary N) is 2. The summed E-state index contributed by atoms with van der Waals surface area (Å²) in [5, 5.41) is 6.38. The van der Waals surface area contributed by atoms with E-state index in [-0.39, 0.29) is 5.91 Å². The molecule has 1 heterocycles. The molecule has 1 unspecified atom stereocenters. The van der Waals surface area contributed by atoms with Crippen molar-refractivity contribution in [2.75, 3.05) is 26.7 Å². The minimum Gasteiger partial charge on any atom is -0.356 e. The number of hydrogen-bond donors (Lipinski definition) is 2. The van der Waals surface area contributed by atoms with Gasteiger partial charge in [0.1, 0.15) is 0 Å². The summed E-state index contributed by atoms with van der Waals surface area (Å²) in [4.78, 5) is 18.2. The molecule has 5 nitrogen and oxygen atoms in total. The second kappa shape index (κ2) is 8.02. The topological polar surface area (TPSA) is 56.7 Å². The van der Waals surface area contributed by atoms with Crippen LogP contribution in [0.5, 0.6) is 0 Å². The zero-order valence-electron chi connectivity index (χ0n) is 12.7. The number of carbonyl (C=O) groups is 1. The maximum atomic E-state index is 12.1. The minimum absolute atomic E-state index is 0.249. The molecule has 0 bridgehead atoms. The predicted octanol–water partition coefficient (Wildman–Crippen LogP) is 1.21. The van der Waals surface area contributed by atoms with E-state index in [2.05, 4.69) is 36.4 Å². The van der Waals surface area contributed by atoms with Crippen LogP contribution in [0.25, 0.3) is 0 Å². The first-order chi connectivity index (χ1) is 9.02. The number of nitrogens with zero attached hydrogens (tertiary/aromatic N) is 2. The van der Waals surface area contributed by atoms with Gasteiger partial charge in [-0.15, -0.1) is 0 Å². The molecule has 1 amide bonds. The molecule has 110 valence electrons. The van der Waals surface area contributed by atoms with Crippen molar-refractivity contribution < 1.29 is 4.79 Å². The molecule has 1 aliphatic heterocycles. The number of guanidine groups is 1. The van der Waals surface area contributed by atoms with Gasteiger partial charge >= 0.3 is 0 Å². The Kier molecular flexibility index (Phi) is 6.67. The molecule has 0 aromatic carbocycles. The van der Waals surface area contributed by atoms with E-state index >= 15 is 0 Å². The third-order valence-electron chi connectivity index (χ3n) is 3.29. The van der Waals surface area contributed by atoms with E-state index in [0.29, 0.717) is 24.9 Å². The average Bonchev–Trinajstić information content (AvgIpc) is 2.36. The molecular formula is C14H28N4O. The highest BCUT2D eigenvalue weighted by Crippen LogP contribution is 2.15. The minimum atomic E-state index is 0.249. The van der Waals surface area contributed by atoms with Gasteiger partial charge in [-0.2, -0.15) is 0 Å². The third-order valence-corrected chi connectivity index (χ3v) is 3.29. The normalized spacial score (nSPS) is 20.6. The van der Waals surface area contributed by atoms with Crippen molar-refractivity contribution in [1.82, 2.24) is 15.5 Å². The quantitative estimate of drug-likeness (QED) is 0.595. The van der Waals surface area contributed by atoms with Gasteiger partial charge in [-0.25, -0.2) is 0 Å². The number of amides is 1. The van der Waals surface area contributed by atoms with E-state index in [4.69, 9.17) is 0 Å². The fourth-order valence-electron chi connectivity index (χ4n) is 2.33. The van der Waals surface area contributed by atoms with Crippen molar-refractivity contribution in [3.8, 4) is 0 Å². The Labute approximate surface area is 116 Å². The van der Waals surface area contributed by atoms with Crippen molar-refractivity contribution in [3.05, 3.63) is 0 Å². The molecule has 1 rings (SSSR count). The Morgan fingerprint density at radius 3 is 2.79 bits per heavy atom. The first kappa shape index (κ1) is 15.8. The zero-order chi connectivity index (χ0) is 14.3. The van der Waals surface area contributed by atoms with Crippen LogP contribution in [-0.4, -0.2) is 49.5 Å². The fourth-order valence-corrected chi connectivity index (χ4v) is 2.33. The molecule has 0 aromatic rings. The van der Waals surface area contributed by atoms with Crippen LogP contribution in [0, 0.1) is 5.92 Å². The number of piperidine rings is 1. The highest BCUT2D eigenvalue weighted by atomic mass is 16.2. The zero-order valence-corrected chi connectivity index (χ0v) is 12.7. The van der Waals surface area contributed by atoms with Crippen LogP contribution in [0.2, 0.25) is 0 Å². The molecule has 0 saturated carbocycles. The number of rotatable bonds is 4. The molecule has 1 atom stereocenters. The molecule has 1 aliphatic rings. The Balaban J connectivity index is 2.26. The fraction of sp³-hybridized carbons (Fsp3) is 0.857. The number of aliphatic imine (C=N–C) groups is 1. The first-order valence-electron chi connectivity index (χ1n) is 7.28. The van der Waals surface area contributed by atoms with Crippen LogP contribution >= 0.6 is 0 Å². The summed E-state index contributed by atoms with van der Waals surface area (Å²) in [6.45, 7) is 8.81. The van der Waals surface area contributed by atoms with Crippen LogP contribution in [0.1, 0.15) is 40.0 Å². The standard InChI is InChI=1S/C14H28N4O/c1-11(2)17-14(15-4)16-8-7-13(19)18-9-5-6-12(3)10-18/h11-12H,5-10H2,1-4H3,(H2,15,16,17). The van der Waals surface area contributed by atoms with Crippen molar-refractivity contribution >= 4 is 11.9 Å². The lowest BCUT2D eigenvalue weighted by Crippen LogP contribution is -2.44. The molecule has 1 saturated heterocycles. The molecule has 1 fully saturated rings. The van der Waals surface area contributed by atoms with Crippen LogP contribution in [0.3, 0.4) is 0 Å². The van der Waals surface area contributed by atoms with Gasteiger partial charge < -0.3 is 15.5 Å². The van der Waals surface area contributed by atoms with E-state index in [0.717, 1.165) is 25.5 Å². The molecular weight excluding hydrogens is 240 g/mol. The van der Waals surface area contributed by atoms with Crippen LogP contribution in [0.15, 0.2) is 4.99 Å². The summed E-state index contributed by atoms with van der Waals surface area (Å²) >= 11 is 0. The van der Waals surface area contributed by atoms with Crippen molar-refractivity contribution in [1.29, 1.82) is 0 Å². The Bertz CT molecular complexity index is 315. The molecule has 0 aliphatic carbocycles. The van der Waals surface area contributed by atoms with E-state index in [1.165, 1.54) is 6.42 Å². The molecule has 19 heavy (non-hydrogen) atoms. The van der Waals surface area contributed by atoms with Gasteiger partial charge in [0.2, 0.25) is 5.91 Å². The Hall–Kier alpha value is -1.26. The van der Waals surface area contributed by atoms with Crippen LogP contribution < -0.4 is 10.6 Å². The number of likely N-dealkylation sites (tertiary alicyclic amines) is 1. The summed E-state index contributed by atoms with van der Waals surface area (Å²) in [6, 6.07) is 0.338. The maximum Gasteiger partial charge on any atom is 0.224 e. The van der Waals surface area contributed by atoms with E-state index in [1.54, 1.807) is 7.05 Å². The van der Waals surface area contributed by atoms with Gasteiger partial charge in [-0.3, -0.25) is 9.79 Å². The Morgan fingerprint density at radius 1 is 1.47 bits per heavy atom. The summed E-state index contributed by atoms with van der Waals surface area (Å²) < 4.78 is 0. The molecule has 5 heteroatoms. The lowest BCUT2D eigenvalue weighted by molar-refractivity contribution is -0.132. The van der Waals surface area contributed by atoms with Gasteiger partial charge in [-0.05, 0) is 32.6 Å². The second-order valence-electron chi connectivity index (χ2n) is 5.64. The number of carbonyl (C=O) groups excluding carboxylic acids is 1. The molecule has 0 radical (unpaired) electrons. The van der Waals surface area contributed by atoms with Gasteiger partial charge in [0.05, 0.1) is 0 Å². The van der Waals surface area contributed by atoms with Crippen LogP contribution in [-0.2, 0) is 4.79 Å². The van der Waals surface area contributed by atoms with E-state index in [1.807, 2.05) is 4.90 Å². The number of hydrogen-bond acceptors (Lipinski definition) is 2. The van der Waals surface area contributed by atoms with Crippen molar-refractivity contribution in [3.63, 3.8) is 0 Å². The van der Waals surface area contributed by atoms with Gasteiger partial charge in [0, 0.05) is 39.1 Å². The lowest BCUT2D eigenvalue weighted by atomic mass is 10.00. The lowest BCUT2D eigenvalue weighted by Gasteiger charge is -2.31. The molecule has 2 N–H and O–H groups in total. The molecule has 0 spiro atoms. The van der Waals surface area contributed by atoms with Crippen molar-refractivity contribution in [2.24, 2.45) is 10.9 Å². The molecule has 0 aromatic heterocycles. The predicted molar refractivity (Wildman–Crippen MR) is 79.2 cm³/mol. The largest absolute Gasteiger partial charge is 0.356 e. The average molecular weight is 268 g/mol. The van der Waals surface area contributed by atoms with Gasteiger partial charge in [-0.1, -0.05) is 6.92 Å². The SMILES string of the molecule is CN=C(NCCC(=O)N1CCCC(C)C1)NC(C)C. The van der Waals surface area contributed by atoms with Crippen LogP contribution in [0.4, 0.5) is 0 Å². The summed E-state index contributed by atoms with van der Waals surface area (Å²) in [7, 11) is 1.74. The van der Waals surface area contributed by atoms with Gasteiger partial charge in [0.15, 0.2) is 5.96 Å². The Morgan fingerprint density at radius 2 is 2.21 bits per heavy atom. The smallest absolute Gasteiger partial charge is 0.224 e. The van der Waals surface area contributed by atoms with Gasteiger partial charge in [0.25, 0.3) is 0 Å². The highest BCUT2D eigenvalue weighted by Gasteiger charge is 2.20. The first-order valence-corrected chi connectivity index (χ1v) is 7.28. The highest BCUT2D eigenvalue weighted by molar-refractivity contribution is 5.81. The van der Waals surface area contributed by atoms with Crippen molar-refractivity contribution in [2.45, 2.75) is 46.1 Å². The maximum absolute atomic E-state index is 12.1. The summed E-state index contributed by atoms with van der Waals surface area (Å²) in [5.74, 6) is 1.65. The monoisotopic (exact) mass is 268 g/mol. The summed E-state index contributed by atoms with van der Waals surface area (Å²) in [5.41, 5.74) is 0. The van der Waals surface area contributed by atoms with E-state index < -0.39 is 0 Å².